The molecular formula is C26H20N2O4. The second-order valence-corrected chi connectivity index (χ2v) is 7.14. The first kappa shape index (κ1) is 20.7. The topological polar surface area (TPSA) is 98.7 Å². The number of phenols is 2. The van der Waals surface area contributed by atoms with Gasteiger partial charge in [-0.15, -0.1) is 0 Å². The number of phenolic OH excluding ortho intramolecular Hbond substituents is 2. The molecule has 0 saturated carbocycles. The summed E-state index contributed by atoms with van der Waals surface area (Å²) in [6, 6.07) is 26.7. The van der Waals surface area contributed by atoms with Crippen molar-refractivity contribution in [2.75, 3.05) is 10.6 Å². The molecule has 0 bridgehead atoms. The maximum absolute atomic E-state index is 13.0. The van der Waals surface area contributed by atoms with Gasteiger partial charge in [0, 0.05) is 34.6 Å². The van der Waals surface area contributed by atoms with Crippen molar-refractivity contribution in [3.8, 4) is 22.6 Å². The second-order valence-electron chi connectivity index (χ2n) is 7.14. The van der Waals surface area contributed by atoms with Crippen LogP contribution in [0.15, 0.2) is 97.1 Å². The maximum Gasteiger partial charge on any atom is 0.256 e. The van der Waals surface area contributed by atoms with E-state index in [0.717, 1.165) is 5.56 Å². The number of amides is 2. The van der Waals surface area contributed by atoms with Gasteiger partial charge in [0.15, 0.2) is 0 Å². The second kappa shape index (κ2) is 9.06. The van der Waals surface area contributed by atoms with Crippen LogP contribution in [-0.4, -0.2) is 22.0 Å². The summed E-state index contributed by atoms with van der Waals surface area (Å²) in [5, 5.41) is 24.8. The van der Waals surface area contributed by atoms with Gasteiger partial charge in [0.25, 0.3) is 11.8 Å². The van der Waals surface area contributed by atoms with E-state index in [-0.39, 0.29) is 23.3 Å². The molecule has 2 amide bonds. The largest absolute Gasteiger partial charge is 0.508 e. The molecule has 0 unspecified atom stereocenters. The highest BCUT2D eigenvalue weighted by atomic mass is 16.3. The lowest BCUT2D eigenvalue weighted by atomic mass is 9.96. The first-order valence-electron chi connectivity index (χ1n) is 9.90. The van der Waals surface area contributed by atoms with Gasteiger partial charge in [-0.2, -0.15) is 0 Å². The quantitative estimate of drug-likeness (QED) is 0.351. The van der Waals surface area contributed by atoms with Crippen LogP contribution in [-0.2, 0) is 0 Å². The molecule has 32 heavy (non-hydrogen) atoms. The minimum Gasteiger partial charge on any atom is -0.508 e. The number of benzene rings is 4. The molecule has 0 saturated heterocycles. The highest BCUT2D eigenvalue weighted by Gasteiger charge is 2.17. The molecule has 0 aromatic heterocycles. The van der Waals surface area contributed by atoms with Gasteiger partial charge in [0.2, 0.25) is 0 Å². The fourth-order valence-electron chi connectivity index (χ4n) is 3.31. The van der Waals surface area contributed by atoms with Crippen molar-refractivity contribution in [2.45, 2.75) is 0 Å². The van der Waals surface area contributed by atoms with Crippen LogP contribution in [0.4, 0.5) is 11.4 Å². The van der Waals surface area contributed by atoms with E-state index in [1.807, 2.05) is 30.3 Å². The van der Waals surface area contributed by atoms with Gasteiger partial charge in [-0.25, -0.2) is 0 Å². The fraction of sp³-hybridized carbons (Fsp3) is 0. The predicted octanol–water partition coefficient (Wildman–Crippen LogP) is 5.27. The lowest BCUT2D eigenvalue weighted by Gasteiger charge is -2.13. The van der Waals surface area contributed by atoms with Gasteiger partial charge in [-0.3, -0.25) is 9.59 Å². The predicted molar refractivity (Wildman–Crippen MR) is 124 cm³/mol. The van der Waals surface area contributed by atoms with Crippen LogP contribution in [0.2, 0.25) is 0 Å². The highest BCUT2D eigenvalue weighted by Crippen LogP contribution is 2.27. The summed E-state index contributed by atoms with van der Waals surface area (Å²) in [6.45, 7) is 0. The van der Waals surface area contributed by atoms with Crippen LogP contribution in [0.25, 0.3) is 11.1 Å². The third-order valence-electron chi connectivity index (χ3n) is 4.82. The fourth-order valence-corrected chi connectivity index (χ4v) is 3.31. The van der Waals surface area contributed by atoms with Crippen molar-refractivity contribution in [1.29, 1.82) is 0 Å². The van der Waals surface area contributed by atoms with Gasteiger partial charge in [0.05, 0.1) is 0 Å². The SMILES string of the molecule is O=C(Nc1cccc(O)c1)c1ccc(C(=O)Nc2cccc(O)c2)c(-c2ccccc2)c1. The molecule has 4 rings (SSSR count). The summed E-state index contributed by atoms with van der Waals surface area (Å²) in [5.74, 6) is -0.640. The van der Waals surface area contributed by atoms with E-state index in [1.165, 1.54) is 24.3 Å². The van der Waals surface area contributed by atoms with Crippen LogP contribution in [0, 0.1) is 0 Å². The molecule has 0 spiro atoms. The van der Waals surface area contributed by atoms with Crippen LogP contribution in [0.5, 0.6) is 11.5 Å². The van der Waals surface area contributed by atoms with Crippen molar-refractivity contribution < 1.29 is 19.8 Å². The van der Waals surface area contributed by atoms with Gasteiger partial charge in [-0.1, -0.05) is 42.5 Å². The number of carbonyl (C=O) groups excluding carboxylic acids is 2. The monoisotopic (exact) mass is 424 g/mol. The molecule has 6 heteroatoms. The average Bonchev–Trinajstić information content (AvgIpc) is 2.79. The van der Waals surface area contributed by atoms with Crippen molar-refractivity contribution >= 4 is 23.2 Å². The Morgan fingerprint density at radius 3 is 1.78 bits per heavy atom. The number of anilines is 2. The number of hydrogen-bond acceptors (Lipinski definition) is 4. The molecule has 0 fully saturated rings. The molecule has 4 aromatic rings. The zero-order valence-electron chi connectivity index (χ0n) is 16.9. The molecule has 0 radical (unpaired) electrons. The van der Waals surface area contributed by atoms with E-state index in [9.17, 15) is 19.8 Å². The zero-order valence-corrected chi connectivity index (χ0v) is 16.9. The molecular weight excluding hydrogens is 404 g/mol. The molecule has 0 aliphatic carbocycles. The Hall–Kier alpha value is -4.58. The molecule has 4 aromatic carbocycles. The van der Waals surface area contributed by atoms with Crippen molar-refractivity contribution in [3.63, 3.8) is 0 Å². The molecule has 158 valence electrons. The van der Waals surface area contributed by atoms with Crippen LogP contribution >= 0.6 is 0 Å². The number of rotatable bonds is 5. The summed E-state index contributed by atoms with van der Waals surface area (Å²) in [5.41, 5.74) is 3.03. The number of aromatic hydroxyl groups is 2. The van der Waals surface area contributed by atoms with Crippen molar-refractivity contribution in [2.24, 2.45) is 0 Å². The van der Waals surface area contributed by atoms with E-state index in [2.05, 4.69) is 10.6 Å². The smallest absolute Gasteiger partial charge is 0.256 e. The number of carbonyl (C=O) groups is 2. The van der Waals surface area contributed by atoms with Gasteiger partial charge >= 0.3 is 0 Å². The normalized spacial score (nSPS) is 10.4. The van der Waals surface area contributed by atoms with E-state index in [4.69, 9.17) is 0 Å². The van der Waals surface area contributed by atoms with Gasteiger partial charge in [0.1, 0.15) is 11.5 Å². The van der Waals surface area contributed by atoms with E-state index >= 15 is 0 Å². The Morgan fingerprint density at radius 1 is 0.594 bits per heavy atom. The first-order chi connectivity index (χ1) is 15.5. The Morgan fingerprint density at radius 2 is 1.19 bits per heavy atom. The Labute approximate surface area is 184 Å². The van der Waals surface area contributed by atoms with Gasteiger partial charge < -0.3 is 20.8 Å². The standard InChI is InChI=1S/C26H20N2O4/c29-21-10-4-8-19(15-21)27-25(31)18-12-13-23(24(14-18)17-6-2-1-3-7-17)26(32)28-20-9-5-11-22(30)16-20/h1-16,29-30H,(H,27,31)(H,28,32). The van der Waals surface area contributed by atoms with Crippen molar-refractivity contribution in [1.82, 2.24) is 0 Å². The summed E-state index contributed by atoms with van der Waals surface area (Å²) >= 11 is 0. The number of hydrogen-bond donors (Lipinski definition) is 4. The molecule has 0 atom stereocenters. The lowest BCUT2D eigenvalue weighted by Crippen LogP contribution is -2.16. The van der Waals surface area contributed by atoms with E-state index in [0.29, 0.717) is 28.1 Å². The van der Waals surface area contributed by atoms with Gasteiger partial charge in [-0.05, 0) is 53.6 Å². The van der Waals surface area contributed by atoms with E-state index < -0.39 is 0 Å². The zero-order chi connectivity index (χ0) is 22.5. The summed E-state index contributed by atoms with van der Waals surface area (Å²) in [7, 11) is 0. The Balaban J connectivity index is 1.68. The molecule has 6 nitrogen and oxygen atoms in total. The minimum absolute atomic E-state index is 0.0463. The summed E-state index contributed by atoms with van der Waals surface area (Å²) in [4.78, 5) is 25.8. The van der Waals surface area contributed by atoms with Crippen molar-refractivity contribution in [3.05, 3.63) is 108 Å². The molecule has 0 aliphatic heterocycles. The lowest BCUT2D eigenvalue weighted by molar-refractivity contribution is 0.101. The first-order valence-corrected chi connectivity index (χ1v) is 9.90. The minimum atomic E-state index is -0.368. The third kappa shape index (κ3) is 4.76. The molecule has 0 aliphatic rings. The summed E-state index contributed by atoms with van der Waals surface area (Å²) in [6.07, 6.45) is 0. The Bertz CT molecular complexity index is 1290. The average molecular weight is 424 g/mol. The summed E-state index contributed by atoms with van der Waals surface area (Å²) < 4.78 is 0. The maximum atomic E-state index is 13.0. The van der Waals surface area contributed by atoms with Crippen LogP contribution < -0.4 is 10.6 Å². The van der Waals surface area contributed by atoms with E-state index in [1.54, 1.807) is 42.5 Å². The third-order valence-corrected chi connectivity index (χ3v) is 4.82. The molecule has 0 heterocycles. The van der Waals surface area contributed by atoms with Crippen LogP contribution in [0.1, 0.15) is 20.7 Å². The van der Waals surface area contributed by atoms with Crippen LogP contribution in [0.3, 0.4) is 0 Å². The molecule has 4 N–H and O–H groups in total. The number of nitrogens with one attached hydrogen (secondary N) is 2. The Kier molecular flexibility index (Phi) is 5.85. The highest BCUT2D eigenvalue weighted by molar-refractivity contribution is 6.11.